The molecule has 0 radical (unpaired) electrons. The summed E-state index contributed by atoms with van der Waals surface area (Å²) in [4.78, 5) is 19.6. The fraction of sp³-hybridized carbons (Fsp3) is 0.263. The Morgan fingerprint density at radius 2 is 2.00 bits per heavy atom. The predicted octanol–water partition coefficient (Wildman–Crippen LogP) is 3.66. The Morgan fingerprint density at radius 1 is 1.26 bits per heavy atom. The van der Waals surface area contributed by atoms with E-state index in [-0.39, 0.29) is 5.91 Å². The van der Waals surface area contributed by atoms with E-state index in [1.165, 1.54) is 16.9 Å². The van der Waals surface area contributed by atoms with Crippen LogP contribution in [-0.4, -0.2) is 41.0 Å². The van der Waals surface area contributed by atoms with E-state index in [1.807, 2.05) is 33.0 Å². The minimum absolute atomic E-state index is 0.0586. The van der Waals surface area contributed by atoms with E-state index in [2.05, 4.69) is 4.98 Å². The van der Waals surface area contributed by atoms with E-state index in [0.29, 0.717) is 35.4 Å². The molecule has 0 saturated heterocycles. The largest absolute Gasteiger partial charge is 0.493 e. The number of amides is 1. The number of carbonyl (C=O) groups is 1. The number of rotatable bonds is 4. The molecule has 1 aliphatic heterocycles. The van der Waals surface area contributed by atoms with Gasteiger partial charge in [-0.25, -0.2) is 4.98 Å². The molecule has 8 heteroatoms. The number of ether oxygens (including phenoxy) is 2. The number of nitrogens with zero attached hydrogens (tertiary/aromatic N) is 3. The van der Waals surface area contributed by atoms with Crippen LogP contribution < -0.4 is 9.47 Å². The lowest BCUT2D eigenvalue weighted by atomic mass is 9.98. The average Bonchev–Trinajstić information content (AvgIpc) is 3.25. The summed E-state index contributed by atoms with van der Waals surface area (Å²) < 4.78 is 12.6. The first-order valence-electron chi connectivity index (χ1n) is 8.42. The number of benzene rings is 1. The third-order valence-corrected chi connectivity index (χ3v) is 5.70. The molecule has 0 saturated carbocycles. The monoisotopic (exact) mass is 403 g/mol. The van der Waals surface area contributed by atoms with E-state index in [0.717, 1.165) is 16.9 Å². The number of methoxy groups -OCH3 is 2. The van der Waals surface area contributed by atoms with Gasteiger partial charge in [0.25, 0.3) is 0 Å². The van der Waals surface area contributed by atoms with Gasteiger partial charge in [-0.2, -0.15) is 0 Å². The van der Waals surface area contributed by atoms with E-state index in [4.69, 9.17) is 21.1 Å². The second-order valence-electron chi connectivity index (χ2n) is 6.16. The Bertz CT molecular complexity index is 1040. The first kappa shape index (κ1) is 17.9. The van der Waals surface area contributed by atoms with Gasteiger partial charge < -0.3 is 14.4 Å². The Kier molecular flexibility index (Phi) is 4.80. The van der Waals surface area contributed by atoms with Gasteiger partial charge in [0.05, 0.1) is 19.9 Å². The summed E-state index contributed by atoms with van der Waals surface area (Å²) >= 11 is 7.68. The number of aromatic nitrogens is 2. The summed E-state index contributed by atoms with van der Waals surface area (Å²) in [6, 6.07) is 3.94. The van der Waals surface area contributed by atoms with Gasteiger partial charge in [-0.1, -0.05) is 11.6 Å². The van der Waals surface area contributed by atoms with Crippen molar-refractivity contribution in [2.45, 2.75) is 13.0 Å². The lowest BCUT2D eigenvalue weighted by Crippen LogP contribution is -2.34. The van der Waals surface area contributed by atoms with Gasteiger partial charge in [0, 0.05) is 30.7 Å². The number of imidazole rings is 1. The molecule has 1 amide bonds. The second-order valence-corrected chi connectivity index (χ2v) is 7.39. The highest BCUT2D eigenvalue weighted by atomic mass is 35.5. The van der Waals surface area contributed by atoms with Crippen molar-refractivity contribution in [3.8, 4) is 11.5 Å². The average molecular weight is 404 g/mol. The molecule has 4 rings (SSSR count). The van der Waals surface area contributed by atoms with Crippen LogP contribution in [0.5, 0.6) is 11.5 Å². The molecule has 0 aliphatic carbocycles. The molecule has 0 spiro atoms. The molecule has 0 fully saturated rings. The summed E-state index contributed by atoms with van der Waals surface area (Å²) in [5, 5.41) is 2.33. The molecule has 140 valence electrons. The number of fused-ring (bicyclic) bond motifs is 2. The molecule has 3 heterocycles. The van der Waals surface area contributed by atoms with E-state index < -0.39 is 0 Å². The number of hydrogen-bond donors (Lipinski definition) is 0. The standard InChI is InChI=1S/C19H18ClN3O3S/c1-25-15-9-12-5-6-22(11-13(12)10-16(15)26-2)17(24)4-3-14-18(20)21-19-23(14)7-8-27-19/h3-4,7-10H,5-6,11H2,1-2H3/b4-3+. The first-order chi connectivity index (χ1) is 13.1. The van der Waals surface area contributed by atoms with E-state index >= 15 is 0 Å². The lowest BCUT2D eigenvalue weighted by Gasteiger charge is -2.28. The quantitative estimate of drug-likeness (QED) is 0.624. The van der Waals surface area contributed by atoms with Crippen LogP contribution in [0.2, 0.25) is 5.15 Å². The SMILES string of the molecule is COc1cc2c(cc1OC)CN(C(=O)/C=C/c1c(Cl)nc3sccn13)CC2. The topological polar surface area (TPSA) is 56.1 Å². The molecule has 2 aromatic heterocycles. The Morgan fingerprint density at radius 3 is 2.74 bits per heavy atom. The zero-order valence-corrected chi connectivity index (χ0v) is 16.5. The summed E-state index contributed by atoms with van der Waals surface area (Å²) in [5.74, 6) is 1.33. The number of hydrogen-bond acceptors (Lipinski definition) is 5. The Labute approximate surface area is 165 Å². The number of thiazole rings is 1. The van der Waals surface area contributed by atoms with Crippen LogP contribution in [-0.2, 0) is 17.8 Å². The third kappa shape index (κ3) is 3.28. The van der Waals surface area contributed by atoms with Crippen LogP contribution in [0.4, 0.5) is 0 Å². The van der Waals surface area contributed by atoms with Crippen LogP contribution in [0.15, 0.2) is 29.8 Å². The summed E-state index contributed by atoms with van der Waals surface area (Å²) in [6.45, 7) is 1.19. The van der Waals surface area contributed by atoms with Crippen LogP contribution in [0.3, 0.4) is 0 Å². The highest BCUT2D eigenvalue weighted by molar-refractivity contribution is 7.15. The molecule has 6 nitrogen and oxygen atoms in total. The molecule has 3 aromatic rings. The van der Waals surface area contributed by atoms with Crippen molar-refractivity contribution in [1.29, 1.82) is 0 Å². The van der Waals surface area contributed by atoms with Gasteiger partial charge in [0.15, 0.2) is 21.6 Å². The predicted molar refractivity (Wildman–Crippen MR) is 106 cm³/mol. The van der Waals surface area contributed by atoms with Crippen molar-refractivity contribution < 1.29 is 14.3 Å². The fourth-order valence-corrected chi connectivity index (χ4v) is 4.26. The van der Waals surface area contributed by atoms with Gasteiger partial charge in [0.1, 0.15) is 0 Å². The van der Waals surface area contributed by atoms with Gasteiger partial charge in [-0.05, 0) is 35.8 Å². The third-order valence-electron chi connectivity index (χ3n) is 4.67. The van der Waals surface area contributed by atoms with Gasteiger partial charge >= 0.3 is 0 Å². The Balaban J connectivity index is 1.54. The minimum Gasteiger partial charge on any atom is -0.493 e. The second kappa shape index (κ2) is 7.25. The maximum absolute atomic E-state index is 12.7. The van der Waals surface area contributed by atoms with Gasteiger partial charge in [-0.15, -0.1) is 11.3 Å². The first-order valence-corrected chi connectivity index (χ1v) is 9.68. The smallest absolute Gasteiger partial charge is 0.246 e. The van der Waals surface area contributed by atoms with Crippen molar-refractivity contribution in [3.63, 3.8) is 0 Å². The van der Waals surface area contributed by atoms with Crippen LogP contribution >= 0.6 is 22.9 Å². The minimum atomic E-state index is -0.0586. The van der Waals surface area contributed by atoms with Crippen molar-refractivity contribution in [3.05, 3.63) is 51.8 Å². The van der Waals surface area contributed by atoms with Crippen molar-refractivity contribution >= 4 is 39.9 Å². The summed E-state index contributed by atoms with van der Waals surface area (Å²) in [5.41, 5.74) is 2.97. The Hall–Kier alpha value is -2.51. The zero-order valence-electron chi connectivity index (χ0n) is 14.9. The summed E-state index contributed by atoms with van der Waals surface area (Å²) in [7, 11) is 3.24. The summed E-state index contributed by atoms with van der Waals surface area (Å²) in [6.07, 6.45) is 5.94. The van der Waals surface area contributed by atoms with E-state index in [9.17, 15) is 4.79 Å². The fourth-order valence-electron chi connectivity index (χ4n) is 3.25. The maximum atomic E-state index is 12.7. The molecule has 1 aliphatic rings. The van der Waals surface area contributed by atoms with Crippen LogP contribution in [0, 0.1) is 0 Å². The van der Waals surface area contributed by atoms with Crippen molar-refractivity contribution in [2.24, 2.45) is 0 Å². The zero-order chi connectivity index (χ0) is 19.0. The normalized spacial score (nSPS) is 14.0. The van der Waals surface area contributed by atoms with Crippen molar-refractivity contribution in [2.75, 3.05) is 20.8 Å². The van der Waals surface area contributed by atoms with Crippen LogP contribution in [0.25, 0.3) is 11.0 Å². The number of halogens is 1. The van der Waals surface area contributed by atoms with Crippen molar-refractivity contribution in [1.82, 2.24) is 14.3 Å². The molecular weight excluding hydrogens is 386 g/mol. The lowest BCUT2D eigenvalue weighted by molar-refractivity contribution is -0.126. The van der Waals surface area contributed by atoms with Crippen LogP contribution in [0.1, 0.15) is 16.8 Å². The van der Waals surface area contributed by atoms with Gasteiger partial charge in [-0.3, -0.25) is 9.20 Å². The molecule has 0 bridgehead atoms. The highest BCUT2D eigenvalue weighted by Crippen LogP contribution is 2.33. The molecule has 27 heavy (non-hydrogen) atoms. The molecular formula is C19H18ClN3O3S. The maximum Gasteiger partial charge on any atom is 0.246 e. The molecule has 1 aromatic carbocycles. The molecule has 0 unspecified atom stereocenters. The van der Waals surface area contributed by atoms with E-state index in [1.54, 1.807) is 26.4 Å². The van der Waals surface area contributed by atoms with Gasteiger partial charge in [0.2, 0.25) is 5.91 Å². The number of carbonyl (C=O) groups excluding carboxylic acids is 1. The molecule has 0 N–H and O–H groups in total. The molecule has 0 atom stereocenters. The highest BCUT2D eigenvalue weighted by Gasteiger charge is 2.22.